The van der Waals surface area contributed by atoms with Crippen LogP contribution in [0, 0.1) is 0 Å². The number of pyridine rings is 1. The Morgan fingerprint density at radius 1 is 0.226 bits per heavy atom. The summed E-state index contributed by atoms with van der Waals surface area (Å²) in [4.78, 5) is 5.48. The summed E-state index contributed by atoms with van der Waals surface area (Å²) in [6.45, 7) is 0. The summed E-state index contributed by atoms with van der Waals surface area (Å²) >= 11 is 0. The van der Waals surface area contributed by atoms with Gasteiger partial charge in [0.15, 0.2) is 0 Å². The van der Waals surface area contributed by atoms with Crippen molar-refractivity contribution in [1.29, 1.82) is 0 Å². The van der Waals surface area contributed by atoms with Gasteiger partial charge in [-0.15, -0.1) is 0 Å². The van der Waals surface area contributed by atoms with Crippen LogP contribution in [-0.4, -0.2) is 14.1 Å². The monoisotopic (exact) mass is 789 g/mol. The van der Waals surface area contributed by atoms with E-state index in [0.717, 1.165) is 45.0 Å². The van der Waals surface area contributed by atoms with Gasteiger partial charge in [0.1, 0.15) is 0 Å². The first-order valence-electron chi connectivity index (χ1n) is 21.2. The predicted octanol–water partition coefficient (Wildman–Crippen LogP) is 15.6. The fourth-order valence-electron chi connectivity index (χ4n) is 9.37. The maximum absolute atomic E-state index is 5.48. The molecule has 0 unspecified atom stereocenters. The second-order valence-electron chi connectivity index (χ2n) is 16.0. The van der Waals surface area contributed by atoms with E-state index in [1.54, 1.807) is 0 Å². The molecular weight excluding hydrogens is 751 g/mol. The zero-order valence-electron chi connectivity index (χ0n) is 33.9. The van der Waals surface area contributed by atoms with Crippen molar-refractivity contribution >= 4 is 43.6 Å². The number of hydrogen-bond acceptors (Lipinski definition) is 1. The van der Waals surface area contributed by atoms with Crippen LogP contribution in [0.25, 0.3) is 111 Å². The lowest BCUT2D eigenvalue weighted by molar-refractivity contribution is 1.17. The van der Waals surface area contributed by atoms with Crippen molar-refractivity contribution in [3.05, 3.63) is 237 Å². The molecule has 62 heavy (non-hydrogen) atoms. The van der Waals surface area contributed by atoms with Gasteiger partial charge in [-0.2, -0.15) is 0 Å². The third-order valence-corrected chi connectivity index (χ3v) is 12.3. The summed E-state index contributed by atoms with van der Waals surface area (Å²) in [5.41, 5.74) is 17.9. The molecule has 0 aliphatic carbocycles. The minimum Gasteiger partial charge on any atom is -0.309 e. The fourth-order valence-corrected chi connectivity index (χ4v) is 9.37. The maximum Gasteiger partial charge on any atom is 0.0716 e. The molecule has 3 nitrogen and oxygen atoms in total. The lowest BCUT2D eigenvalue weighted by Crippen LogP contribution is -1.97. The molecule has 12 aromatic rings. The predicted molar refractivity (Wildman–Crippen MR) is 260 cm³/mol. The van der Waals surface area contributed by atoms with Crippen LogP contribution in [0.5, 0.6) is 0 Å². The summed E-state index contributed by atoms with van der Waals surface area (Å²) in [6, 6.07) is 85.2. The van der Waals surface area contributed by atoms with Crippen molar-refractivity contribution in [3.8, 4) is 67.3 Å². The molecule has 9 aromatic carbocycles. The van der Waals surface area contributed by atoms with Crippen LogP contribution in [-0.2, 0) is 0 Å². The summed E-state index contributed by atoms with van der Waals surface area (Å²) in [7, 11) is 0. The first-order chi connectivity index (χ1) is 30.7. The van der Waals surface area contributed by atoms with Gasteiger partial charge in [0.2, 0.25) is 0 Å². The van der Waals surface area contributed by atoms with Crippen molar-refractivity contribution < 1.29 is 0 Å². The largest absolute Gasteiger partial charge is 0.309 e. The molecule has 0 spiro atoms. The third-order valence-electron chi connectivity index (χ3n) is 12.3. The van der Waals surface area contributed by atoms with Crippen molar-refractivity contribution in [3.63, 3.8) is 0 Å². The van der Waals surface area contributed by atoms with E-state index >= 15 is 0 Å². The standard InChI is InChI=1S/C59H39N3/c1-2-15-40(16-3-1)43-17-12-18-44(35-43)41-31-33-42(34-32-41)47-38-54(45-19-13-21-48(36-45)61-56-27-8-4-23-50(56)51-24-5-9-28-57(51)61)60-55(39-47)46-20-14-22-49(37-46)62-58-29-10-6-25-52(58)53-26-7-11-30-59(53)62/h1-39H. The number of aromatic nitrogens is 3. The highest BCUT2D eigenvalue weighted by Crippen LogP contribution is 2.38. The Kier molecular flexibility index (Phi) is 8.50. The molecule has 0 N–H and O–H groups in total. The van der Waals surface area contributed by atoms with Crippen LogP contribution >= 0.6 is 0 Å². The Balaban J connectivity index is 1.00. The van der Waals surface area contributed by atoms with Gasteiger partial charge in [-0.25, -0.2) is 4.98 Å². The highest BCUT2D eigenvalue weighted by Gasteiger charge is 2.16. The molecule has 0 amide bonds. The molecule has 3 heterocycles. The lowest BCUT2D eigenvalue weighted by atomic mass is 9.96. The molecule has 0 radical (unpaired) electrons. The Morgan fingerprint density at radius 2 is 0.565 bits per heavy atom. The van der Waals surface area contributed by atoms with Gasteiger partial charge in [-0.05, 0) is 100 Å². The highest BCUT2D eigenvalue weighted by molar-refractivity contribution is 6.10. The quantitative estimate of drug-likeness (QED) is 0.158. The van der Waals surface area contributed by atoms with Crippen molar-refractivity contribution in [2.24, 2.45) is 0 Å². The Bertz CT molecular complexity index is 3350. The van der Waals surface area contributed by atoms with Gasteiger partial charge in [0.25, 0.3) is 0 Å². The summed E-state index contributed by atoms with van der Waals surface area (Å²) in [6.07, 6.45) is 0. The third kappa shape index (κ3) is 6.10. The van der Waals surface area contributed by atoms with Crippen molar-refractivity contribution in [1.82, 2.24) is 14.1 Å². The topological polar surface area (TPSA) is 22.8 Å². The van der Waals surface area contributed by atoms with E-state index < -0.39 is 0 Å². The number of nitrogens with zero attached hydrogens (tertiary/aromatic N) is 3. The van der Waals surface area contributed by atoms with Crippen LogP contribution in [0.1, 0.15) is 0 Å². The maximum atomic E-state index is 5.48. The van der Waals surface area contributed by atoms with E-state index in [1.807, 2.05) is 0 Å². The average Bonchev–Trinajstić information content (AvgIpc) is 3.87. The number of fused-ring (bicyclic) bond motifs is 6. The summed E-state index contributed by atoms with van der Waals surface area (Å²) in [5.74, 6) is 0. The molecule has 0 atom stereocenters. The second kappa shape index (κ2) is 14.8. The van der Waals surface area contributed by atoms with E-state index in [-0.39, 0.29) is 0 Å². The number of para-hydroxylation sites is 4. The smallest absolute Gasteiger partial charge is 0.0716 e. The van der Waals surface area contributed by atoms with Crippen molar-refractivity contribution in [2.75, 3.05) is 0 Å². The second-order valence-corrected chi connectivity index (χ2v) is 16.0. The minimum absolute atomic E-state index is 0.919. The lowest BCUT2D eigenvalue weighted by Gasteiger charge is -2.14. The molecule has 0 aliphatic heterocycles. The van der Waals surface area contributed by atoms with Crippen LogP contribution < -0.4 is 0 Å². The molecule has 3 aromatic heterocycles. The van der Waals surface area contributed by atoms with Crippen LogP contribution in [0.2, 0.25) is 0 Å². The van der Waals surface area contributed by atoms with Crippen LogP contribution in [0.4, 0.5) is 0 Å². The van der Waals surface area contributed by atoms with E-state index in [0.29, 0.717) is 0 Å². The Morgan fingerprint density at radius 3 is 1.02 bits per heavy atom. The van der Waals surface area contributed by atoms with Gasteiger partial charge in [0.05, 0.1) is 33.5 Å². The van der Waals surface area contributed by atoms with Gasteiger partial charge >= 0.3 is 0 Å². The summed E-state index contributed by atoms with van der Waals surface area (Å²) < 4.78 is 4.75. The normalized spacial score (nSPS) is 11.5. The molecule has 0 aliphatic rings. The van der Waals surface area contributed by atoms with Crippen molar-refractivity contribution in [2.45, 2.75) is 0 Å². The van der Waals surface area contributed by atoms with Gasteiger partial charge in [-0.3, -0.25) is 0 Å². The highest BCUT2D eigenvalue weighted by atomic mass is 15.0. The van der Waals surface area contributed by atoms with Gasteiger partial charge in [-0.1, -0.05) is 170 Å². The molecule has 0 saturated carbocycles. The number of benzene rings is 9. The zero-order chi connectivity index (χ0) is 41.0. The summed E-state index contributed by atoms with van der Waals surface area (Å²) in [5, 5.41) is 4.98. The first-order valence-corrected chi connectivity index (χ1v) is 21.2. The van der Waals surface area contributed by atoms with Crippen LogP contribution in [0.15, 0.2) is 237 Å². The SMILES string of the molecule is c1ccc(-c2cccc(-c3ccc(-c4cc(-c5cccc(-n6c7ccccc7c7ccccc76)c5)nc(-c5cccc(-n6c7ccccc7c7ccccc76)c5)c4)cc3)c2)cc1. The Hall–Kier alpha value is -8.27. The fraction of sp³-hybridized carbons (Fsp3) is 0. The zero-order valence-corrected chi connectivity index (χ0v) is 33.9. The molecule has 290 valence electrons. The molecular formula is C59H39N3. The first kappa shape index (κ1) is 35.7. The molecule has 0 saturated heterocycles. The van der Waals surface area contributed by atoms with Gasteiger partial charge in [0, 0.05) is 44.0 Å². The minimum atomic E-state index is 0.919. The molecule has 3 heteroatoms. The Labute approximate surface area is 360 Å². The molecule has 12 rings (SSSR count). The van der Waals surface area contributed by atoms with E-state index in [4.69, 9.17) is 4.98 Å². The molecule has 0 fully saturated rings. The number of hydrogen-bond donors (Lipinski definition) is 0. The average molecular weight is 790 g/mol. The van der Waals surface area contributed by atoms with E-state index in [9.17, 15) is 0 Å². The van der Waals surface area contributed by atoms with E-state index in [1.165, 1.54) is 65.9 Å². The number of rotatable bonds is 7. The van der Waals surface area contributed by atoms with E-state index in [2.05, 4.69) is 246 Å². The molecule has 0 bridgehead atoms. The van der Waals surface area contributed by atoms with Gasteiger partial charge < -0.3 is 9.13 Å². The van der Waals surface area contributed by atoms with Crippen LogP contribution in [0.3, 0.4) is 0 Å².